The number of hydrogen-bond donors (Lipinski definition) is 1. The molecule has 0 aliphatic heterocycles. The molecule has 2 atom stereocenters. The van der Waals surface area contributed by atoms with E-state index >= 15 is 0 Å². The summed E-state index contributed by atoms with van der Waals surface area (Å²) in [5.74, 6) is 0.232. The zero-order chi connectivity index (χ0) is 13.9. The van der Waals surface area contributed by atoms with Gasteiger partial charge >= 0.3 is 6.18 Å². The Hall–Kier alpha value is -1.10. The van der Waals surface area contributed by atoms with Gasteiger partial charge in [-0.15, -0.1) is 0 Å². The fourth-order valence-corrected chi connectivity index (χ4v) is 3.08. The molecule has 0 spiro atoms. The lowest BCUT2D eigenvalue weighted by Crippen LogP contribution is -2.29. The molecule has 1 aliphatic carbocycles. The number of rotatable bonds is 3. The predicted molar refractivity (Wildman–Crippen MR) is 67.9 cm³/mol. The van der Waals surface area contributed by atoms with Crippen LogP contribution >= 0.6 is 0 Å². The van der Waals surface area contributed by atoms with Crippen molar-refractivity contribution in [1.29, 1.82) is 0 Å². The van der Waals surface area contributed by atoms with E-state index in [0.29, 0.717) is 5.56 Å². The first-order valence-corrected chi connectivity index (χ1v) is 6.69. The minimum atomic E-state index is -4.29. The smallest absolute Gasteiger partial charge is 0.319 e. The number of alkyl halides is 3. The van der Waals surface area contributed by atoms with Crippen LogP contribution in [0.15, 0.2) is 18.5 Å². The molecule has 1 saturated carbocycles. The van der Waals surface area contributed by atoms with Crippen LogP contribution in [0, 0.1) is 5.92 Å². The molecule has 2 unspecified atom stereocenters. The fraction of sp³-hybridized carbons (Fsp3) is 0.643. The van der Waals surface area contributed by atoms with Gasteiger partial charge in [-0.1, -0.05) is 12.8 Å². The second kappa shape index (κ2) is 5.90. The number of nitrogens with zero attached hydrogens (tertiary/aromatic N) is 1. The van der Waals surface area contributed by atoms with Crippen LogP contribution in [0.4, 0.5) is 13.2 Å². The van der Waals surface area contributed by atoms with Crippen molar-refractivity contribution in [3.63, 3.8) is 0 Å². The SMILES string of the molecule is CNCC1CCCCC1c1cnccc1C(F)(F)F. The highest BCUT2D eigenvalue weighted by Gasteiger charge is 2.37. The third-order valence-corrected chi connectivity index (χ3v) is 3.93. The maximum absolute atomic E-state index is 13.1. The largest absolute Gasteiger partial charge is 0.416 e. The van der Waals surface area contributed by atoms with Crippen LogP contribution in [-0.2, 0) is 6.18 Å². The molecule has 1 fully saturated rings. The van der Waals surface area contributed by atoms with E-state index in [1.807, 2.05) is 7.05 Å². The summed E-state index contributed by atoms with van der Waals surface area (Å²) < 4.78 is 39.2. The Morgan fingerprint density at radius 3 is 2.74 bits per heavy atom. The number of aromatic nitrogens is 1. The summed E-state index contributed by atoms with van der Waals surface area (Å²) in [5.41, 5.74) is -0.148. The highest BCUT2D eigenvalue weighted by Crippen LogP contribution is 2.42. The molecule has 1 heterocycles. The van der Waals surface area contributed by atoms with Crippen molar-refractivity contribution in [2.24, 2.45) is 5.92 Å². The topological polar surface area (TPSA) is 24.9 Å². The van der Waals surface area contributed by atoms with Gasteiger partial charge in [-0.05, 0) is 49.9 Å². The molecule has 106 valence electrons. The van der Waals surface area contributed by atoms with Gasteiger partial charge in [0.05, 0.1) is 5.56 Å². The molecular formula is C14H19F3N2. The van der Waals surface area contributed by atoms with Crippen LogP contribution < -0.4 is 5.32 Å². The van der Waals surface area contributed by atoms with Gasteiger partial charge in [-0.3, -0.25) is 4.98 Å². The van der Waals surface area contributed by atoms with Gasteiger partial charge in [0.15, 0.2) is 0 Å². The molecule has 0 radical (unpaired) electrons. The Labute approximate surface area is 111 Å². The van der Waals surface area contributed by atoms with Crippen molar-refractivity contribution >= 4 is 0 Å². The van der Waals surface area contributed by atoms with Gasteiger partial charge in [0.25, 0.3) is 0 Å². The van der Waals surface area contributed by atoms with Crippen molar-refractivity contribution in [2.45, 2.75) is 37.8 Å². The highest BCUT2D eigenvalue weighted by molar-refractivity contribution is 5.30. The zero-order valence-electron chi connectivity index (χ0n) is 11.0. The van der Waals surface area contributed by atoms with Crippen LogP contribution in [0.1, 0.15) is 42.7 Å². The van der Waals surface area contributed by atoms with E-state index in [-0.39, 0.29) is 11.8 Å². The molecule has 1 aliphatic rings. The summed E-state index contributed by atoms with van der Waals surface area (Å²) in [7, 11) is 1.85. The summed E-state index contributed by atoms with van der Waals surface area (Å²) >= 11 is 0. The van der Waals surface area contributed by atoms with Crippen LogP contribution in [0.3, 0.4) is 0 Å². The van der Waals surface area contributed by atoms with Gasteiger partial charge in [0.1, 0.15) is 0 Å². The van der Waals surface area contributed by atoms with Crippen LogP contribution in [0.5, 0.6) is 0 Å². The van der Waals surface area contributed by atoms with E-state index < -0.39 is 11.7 Å². The van der Waals surface area contributed by atoms with E-state index in [9.17, 15) is 13.2 Å². The van der Waals surface area contributed by atoms with E-state index in [0.717, 1.165) is 38.3 Å². The lowest BCUT2D eigenvalue weighted by atomic mass is 9.74. The summed E-state index contributed by atoms with van der Waals surface area (Å²) in [6.45, 7) is 0.761. The number of nitrogens with one attached hydrogen (secondary N) is 1. The maximum atomic E-state index is 13.1. The lowest BCUT2D eigenvalue weighted by Gasteiger charge is -2.33. The zero-order valence-corrected chi connectivity index (χ0v) is 11.0. The van der Waals surface area contributed by atoms with Crippen molar-refractivity contribution in [1.82, 2.24) is 10.3 Å². The average Bonchev–Trinajstić information content (AvgIpc) is 2.39. The number of halogens is 3. The van der Waals surface area contributed by atoms with Crippen LogP contribution in [0.2, 0.25) is 0 Å². The molecule has 0 aromatic carbocycles. The van der Waals surface area contributed by atoms with E-state index in [2.05, 4.69) is 10.3 Å². The molecule has 0 amide bonds. The first-order chi connectivity index (χ1) is 9.04. The van der Waals surface area contributed by atoms with Gasteiger partial charge in [0.2, 0.25) is 0 Å². The second-order valence-corrected chi connectivity index (χ2v) is 5.17. The Balaban J connectivity index is 2.33. The average molecular weight is 272 g/mol. The van der Waals surface area contributed by atoms with Crippen molar-refractivity contribution < 1.29 is 13.2 Å². The molecule has 1 aromatic rings. The van der Waals surface area contributed by atoms with E-state index in [4.69, 9.17) is 0 Å². The first-order valence-electron chi connectivity index (χ1n) is 6.69. The van der Waals surface area contributed by atoms with Crippen molar-refractivity contribution in [3.8, 4) is 0 Å². The Kier molecular flexibility index (Phi) is 4.45. The third kappa shape index (κ3) is 3.26. The molecule has 19 heavy (non-hydrogen) atoms. The Morgan fingerprint density at radius 2 is 2.05 bits per heavy atom. The molecule has 0 bridgehead atoms. The van der Waals surface area contributed by atoms with Gasteiger partial charge < -0.3 is 5.32 Å². The van der Waals surface area contributed by atoms with Gasteiger partial charge in [0, 0.05) is 12.4 Å². The monoisotopic (exact) mass is 272 g/mol. The van der Waals surface area contributed by atoms with Crippen molar-refractivity contribution in [2.75, 3.05) is 13.6 Å². The van der Waals surface area contributed by atoms with Gasteiger partial charge in [-0.25, -0.2) is 0 Å². The fourth-order valence-electron chi connectivity index (χ4n) is 3.08. The number of hydrogen-bond acceptors (Lipinski definition) is 2. The van der Waals surface area contributed by atoms with Crippen LogP contribution in [-0.4, -0.2) is 18.6 Å². The Bertz CT molecular complexity index is 415. The third-order valence-electron chi connectivity index (χ3n) is 3.93. The predicted octanol–water partition coefficient (Wildman–Crippen LogP) is 3.59. The van der Waals surface area contributed by atoms with E-state index in [1.165, 1.54) is 12.4 Å². The quantitative estimate of drug-likeness (QED) is 0.909. The lowest BCUT2D eigenvalue weighted by molar-refractivity contribution is -0.138. The molecule has 1 N–H and O–H groups in total. The molecule has 0 saturated heterocycles. The summed E-state index contributed by atoms with van der Waals surface area (Å²) in [5, 5.41) is 3.09. The minimum absolute atomic E-state index is 0.0356. The van der Waals surface area contributed by atoms with Crippen LogP contribution in [0.25, 0.3) is 0 Å². The molecule has 1 aromatic heterocycles. The second-order valence-electron chi connectivity index (χ2n) is 5.17. The standard InChI is InChI=1S/C14H19F3N2/c1-18-8-10-4-2-3-5-11(10)12-9-19-7-6-13(12)14(15,16)17/h6-7,9-11,18H,2-5,8H2,1H3. The molecule has 2 nitrogen and oxygen atoms in total. The van der Waals surface area contributed by atoms with Gasteiger partial charge in [-0.2, -0.15) is 13.2 Å². The molecule has 5 heteroatoms. The first kappa shape index (κ1) is 14.3. The summed E-state index contributed by atoms with van der Waals surface area (Å²) in [4.78, 5) is 3.91. The maximum Gasteiger partial charge on any atom is 0.416 e. The normalized spacial score (nSPS) is 24.4. The highest BCUT2D eigenvalue weighted by atomic mass is 19.4. The minimum Gasteiger partial charge on any atom is -0.319 e. The molecule has 2 rings (SSSR count). The Morgan fingerprint density at radius 1 is 1.32 bits per heavy atom. The summed E-state index contributed by atoms with van der Waals surface area (Å²) in [6, 6.07) is 1.10. The van der Waals surface area contributed by atoms with Crippen molar-refractivity contribution in [3.05, 3.63) is 29.6 Å². The number of pyridine rings is 1. The van der Waals surface area contributed by atoms with E-state index in [1.54, 1.807) is 0 Å². The molecular weight excluding hydrogens is 253 g/mol. The summed E-state index contributed by atoms with van der Waals surface area (Å²) in [6.07, 6.45) is 2.24.